The molecule has 0 radical (unpaired) electrons. The van der Waals surface area contributed by atoms with Gasteiger partial charge in [-0.15, -0.1) is 11.3 Å². The van der Waals surface area contributed by atoms with Crippen LogP contribution in [0.3, 0.4) is 0 Å². The summed E-state index contributed by atoms with van der Waals surface area (Å²) in [7, 11) is 0. The van der Waals surface area contributed by atoms with Crippen molar-refractivity contribution in [2.45, 2.75) is 39.2 Å². The molecule has 2 N–H and O–H groups in total. The average Bonchev–Trinajstić information content (AvgIpc) is 3.36. The van der Waals surface area contributed by atoms with E-state index in [0.29, 0.717) is 49.1 Å². The summed E-state index contributed by atoms with van der Waals surface area (Å²) in [6.45, 7) is 4.93. The van der Waals surface area contributed by atoms with E-state index < -0.39 is 0 Å². The van der Waals surface area contributed by atoms with Gasteiger partial charge in [0, 0.05) is 36.0 Å². The molecule has 2 heterocycles. The number of hydrogen-bond donors (Lipinski definition) is 2. The number of thiazole rings is 1. The van der Waals surface area contributed by atoms with E-state index in [0.717, 1.165) is 5.69 Å². The normalized spacial score (nSPS) is 10.8. The van der Waals surface area contributed by atoms with E-state index in [2.05, 4.69) is 25.8 Å². The number of nitrogens with one attached hydrogen (secondary N) is 2. The quantitative estimate of drug-likeness (QED) is 0.526. The van der Waals surface area contributed by atoms with Gasteiger partial charge in [0.1, 0.15) is 12.4 Å². The first kappa shape index (κ1) is 19.8. The van der Waals surface area contributed by atoms with Gasteiger partial charge in [0.2, 0.25) is 5.89 Å². The van der Waals surface area contributed by atoms with Crippen LogP contribution in [0.25, 0.3) is 0 Å². The van der Waals surface area contributed by atoms with Crippen molar-refractivity contribution < 1.29 is 14.1 Å². The second-order valence-electron chi connectivity index (χ2n) is 6.48. The molecule has 3 aromatic rings. The summed E-state index contributed by atoms with van der Waals surface area (Å²) in [6, 6.07) is 6.98. The fraction of sp³-hybridized carbons (Fsp3) is 0.368. The minimum Gasteiger partial charge on any atom is -0.487 e. The number of ether oxygens (including phenoxy) is 1. The standard InChI is InChI=1S/C19H23N5O3S/c1-13(2)18-23-17(27-24-18)7-4-8-20-19(25)22-14-5-3-6-16(9-14)26-10-15-11-28-12-21-15/h3,5-6,9,11-13H,4,7-8,10H2,1-2H3,(H2,20,22,25). The third-order valence-electron chi connectivity index (χ3n) is 3.82. The SMILES string of the molecule is CC(C)c1noc(CCCNC(=O)Nc2cccc(OCc3cscn3)c2)n1. The van der Waals surface area contributed by atoms with E-state index in [4.69, 9.17) is 9.26 Å². The molecule has 28 heavy (non-hydrogen) atoms. The lowest BCUT2D eigenvalue weighted by molar-refractivity contribution is 0.251. The van der Waals surface area contributed by atoms with Gasteiger partial charge < -0.3 is 19.9 Å². The highest BCUT2D eigenvalue weighted by atomic mass is 32.1. The molecule has 0 saturated heterocycles. The van der Waals surface area contributed by atoms with Crippen LogP contribution < -0.4 is 15.4 Å². The number of nitrogens with zero attached hydrogens (tertiary/aromatic N) is 3. The first-order valence-electron chi connectivity index (χ1n) is 9.07. The molecular weight excluding hydrogens is 378 g/mol. The molecule has 0 fully saturated rings. The number of benzene rings is 1. The number of aryl methyl sites for hydroxylation is 1. The molecule has 9 heteroatoms. The summed E-state index contributed by atoms with van der Waals surface area (Å²) in [5.41, 5.74) is 3.30. The molecule has 0 aliphatic heterocycles. The second-order valence-corrected chi connectivity index (χ2v) is 7.20. The topological polar surface area (TPSA) is 102 Å². The number of anilines is 1. The Kier molecular flexibility index (Phi) is 6.96. The third kappa shape index (κ3) is 6.05. The van der Waals surface area contributed by atoms with Crippen molar-refractivity contribution in [3.05, 3.63) is 52.6 Å². The maximum atomic E-state index is 12.1. The zero-order valence-electron chi connectivity index (χ0n) is 15.8. The number of urea groups is 1. The minimum absolute atomic E-state index is 0.239. The summed E-state index contributed by atoms with van der Waals surface area (Å²) in [5.74, 6) is 2.21. The average molecular weight is 401 g/mol. The molecule has 8 nitrogen and oxygen atoms in total. The van der Waals surface area contributed by atoms with Crippen LogP contribution in [0.5, 0.6) is 5.75 Å². The van der Waals surface area contributed by atoms with E-state index in [1.807, 2.05) is 31.4 Å². The molecule has 0 unspecified atom stereocenters. The van der Waals surface area contributed by atoms with Crippen molar-refractivity contribution in [2.24, 2.45) is 0 Å². The van der Waals surface area contributed by atoms with E-state index in [9.17, 15) is 4.79 Å². The summed E-state index contributed by atoms with van der Waals surface area (Å²) in [6.07, 6.45) is 1.34. The molecule has 2 amide bonds. The van der Waals surface area contributed by atoms with Gasteiger partial charge in [-0.3, -0.25) is 0 Å². The Morgan fingerprint density at radius 2 is 2.25 bits per heavy atom. The van der Waals surface area contributed by atoms with Crippen molar-refractivity contribution >= 4 is 23.1 Å². The number of amides is 2. The predicted molar refractivity (Wildman–Crippen MR) is 107 cm³/mol. The van der Waals surface area contributed by atoms with Gasteiger partial charge in [-0.25, -0.2) is 9.78 Å². The highest BCUT2D eigenvalue weighted by Gasteiger charge is 2.09. The zero-order chi connectivity index (χ0) is 19.8. The molecule has 0 aliphatic carbocycles. The first-order valence-corrected chi connectivity index (χ1v) is 10.0. The van der Waals surface area contributed by atoms with Crippen LogP contribution in [0.4, 0.5) is 10.5 Å². The lowest BCUT2D eigenvalue weighted by Gasteiger charge is -2.09. The molecule has 0 spiro atoms. The largest absolute Gasteiger partial charge is 0.487 e. The van der Waals surface area contributed by atoms with Gasteiger partial charge in [0.15, 0.2) is 5.82 Å². The summed E-state index contributed by atoms with van der Waals surface area (Å²) in [4.78, 5) is 20.5. The van der Waals surface area contributed by atoms with Crippen LogP contribution in [0, 0.1) is 0 Å². The van der Waals surface area contributed by atoms with Crippen LogP contribution in [0.15, 0.2) is 39.7 Å². The Balaban J connectivity index is 1.38. The molecule has 0 aliphatic rings. The minimum atomic E-state index is -0.273. The number of aromatic nitrogens is 3. The highest BCUT2D eigenvalue weighted by Crippen LogP contribution is 2.18. The summed E-state index contributed by atoms with van der Waals surface area (Å²) in [5, 5.41) is 11.5. The maximum Gasteiger partial charge on any atom is 0.319 e. The number of carbonyl (C=O) groups excluding carboxylic acids is 1. The Bertz CT molecular complexity index is 879. The second kappa shape index (κ2) is 9.84. The molecule has 148 valence electrons. The molecule has 0 saturated carbocycles. The maximum absolute atomic E-state index is 12.1. The van der Waals surface area contributed by atoms with Crippen LogP contribution in [-0.4, -0.2) is 27.7 Å². The summed E-state index contributed by atoms with van der Waals surface area (Å²) >= 11 is 1.53. The first-order chi connectivity index (χ1) is 13.6. The monoisotopic (exact) mass is 401 g/mol. The molecule has 0 atom stereocenters. The molecule has 1 aromatic carbocycles. The van der Waals surface area contributed by atoms with Crippen LogP contribution in [0.1, 0.15) is 43.6 Å². The Morgan fingerprint density at radius 3 is 3.00 bits per heavy atom. The number of rotatable bonds is 9. The highest BCUT2D eigenvalue weighted by molar-refractivity contribution is 7.07. The van der Waals surface area contributed by atoms with Gasteiger partial charge in [0.05, 0.1) is 11.2 Å². The number of carbonyl (C=O) groups is 1. The van der Waals surface area contributed by atoms with Gasteiger partial charge in [-0.1, -0.05) is 25.1 Å². The molecule has 0 bridgehead atoms. The van der Waals surface area contributed by atoms with E-state index >= 15 is 0 Å². The lowest BCUT2D eigenvalue weighted by atomic mass is 10.2. The van der Waals surface area contributed by atoms with Crippen LogP contribution >= 0.6 is 11.3 Å². The Hall–Kier alpha value is -2.94. The van der Waals surface area contributed by atoms with Gasteiger partial charge in [0.25, 0.3) is 0 Å². The van der Waals surface area contributed by atoms with E-state index in [-0.39, 0.29) is 11.9 Å². The Labute approximate surface area is 167 Å². The van der Waals surface area contributed by atoms with Crippen molar-refractivity contribution in [3.63, 3.8) is 0 Å². The van der Waals surface area contributed by atoms with Gasteiger partial charge >= 0.3 is 6.03 Å². The van der Waals surface area contributed by atoms with Crippen molar-refractivity contribution in [1.82, 2.24) is 20.4 Å². The van der Waals surface area contributed by atoms with Crippen LogP contribution in [0.2, 0.25) is 0 Å². The number of hydrogen-bond acceptors (Lipinski definition) is 7. The lowest BCUT2D eigenvalue weighted by Crippen LogP contribution is -2.29. The van der Waals surface area contributed by atoms with Gasteiger partial charge in [-0.2, -0.15) is 4.98 Å². The van der Waals surface area contributed by atoms with E-state index in [1.54, 1.807) is 17.6 Å². The molecule has 2 aromatic heterocycles. The van der Waals surface area contributed by atoms with E-state index in [1.165, 1.54) is 11.3 Å². The zero-order valence-corrected chi connectivity index (χ0v) is 16.7. The Morgan fingerprint density at radius 1 is 1.36 bits per heavy atom. The van der Waals surface area contributed by atoms with Crippen molar-refractivity contribution in [1.29, 1.82) is 0 Å². The third-order valence-corrected chi connectivity index (χ3v) is 4.45. The predicted octanol–water partition coefficient (Wildman–Crippen LogP) is 3.98. The fourth-order valence-corrected chi connectivity index (χ4v) is 2.89. The van der Waals surface area contributed by atoms with Crippen LogP contribution in [-0.2, 0) is 13.0 Å². The molecule has 3 rings (SSSR count). The van der Waals surface area contributed by atoms with Crippen molar-refractivity contribution in [2.75, 3.05) is 11.9 Å². The van der Waals surface area contributed by atoms with Gasteiger partial charge in [-0.05, 0) is 18.6 Å². The summed E-state index contributed by atoms with van der Waals surface area (Å²) < 4.78 is 10.9. The molecular formula is C19H23N5O3S. The van der Waals surface area contributed by atoms with Crippen molar-refractivity contribution in [3.8, 4) is 5.75 Å². The smallest absolute Gasteiger partial charge is 0.319 e. The fourth-order valence-electron chi connectivity index (χ4n) is 2.35.